The highest BCUT2D eigenvalue weighted by molar-refractivity contribution is 14.1. The first-order valence-corrected chi connectivity index (χ1v) is 11.5. The average Bonchev–Trinajstić information content (AvgIpc) is 3.43. The van der Waals surface area contributed by atoms with Gasteiger partial charge in [0.25, 0.3) is 11.8 Å². The number of amides is 2. The number of hydrogen-bond acceptors (Lipinski definition) is 6. The van der Waals surface area contributed by atoms with Crippen molar-refractivity contribution in [1.82, 2.24) is 29.8 Å². The lowest BCUT2D eigenvalue weighted by Crippen LogP contribution is -2.22. The van der Waals surface area contributed by atoms with Gasteiger partial charge in [-0.05, 0) is 65.4 Å². The summed E-state index contributed by atoms with van der Waals surface area (Å²) >= 11 is 8.28. The topological polar surface area (TPSA) is 134 Å². The molecule has 0 unspecified atom stereocenters. The van der Waals surface area contributed by atoms with Crippen LogP contribution in [0.5, 0.6) is 0 Å². The third-order valence-corrected chi connectivity index (χ3v) is 5.78. The van der Waals surface area contributed by atoms with E-state index in [0.29, 0.717) is 11.8 Å². The molecule has 36 heavy (non-hydrogen) atoms. The zero-order valence-electron chi connectivity index (χ0n) is 18.2. The number of nitrogens with zero attached hydrogens (tertiary/aromatic N) is 6. The normalized spacial score (nSPS) is 11.5. The van der Waals surface area contributed by atoms with E-state index in [1.807, 2.05) is 22.6 Å². The fraction of sp³-hybridized carbons (Fsp3) is 0.143. The number of aryl methyl sites for hydroxylation is 1. The average molecular weight is 631 g/mol. The molecule has 3 aromatic heterocycles. The van der Waals surface area contributed by atoms with E-state index in [1.165, 1.54) is 24.4 Å². The Morgan fingerprint density at radius 3 is 2.61 bits per heavy atom. The molecule has 0 atom stereocenters. The lowest BCUT2D eigenvalue weighted by molar-refractivity contribution is -0.141. The summed E-state index contributed by atoms with van der Waals surface area (Å²) < 4.78 is 40.6. The summed E-state index contributed by atoms with van der Waals surface area (Å²) in [5.41, 5.74) is 5.33. The molecule has 3 N–H and O–H groups in total. The van der Waals surface area contributed by atoms with Crippen molar-refractivity contribution < 1.29 is 22.8 Å². The number of carbonyl (C=O) groups excluding carboxylic acids is 2. The predicted molar refractivity (Wildman–Crippen MR) is 131 cm³/mol. The number of primary amides is 1. The van der Waals surface area contributed by atoms with Gasteiger partial charge in [0.15, 0.2) is 11.5 Å². The van der Waals surface area contributed by atoms with Gasteiger partial charge in [0.05, 0.1) is 28.2 Å². The first kappa shape index (κ1) is 25.6. The Morgan fingerprint density at radius 2 is 1.97 bits per heavy atom. The van der Waals surface area contributed by atoms with Crippen molar-refractivity contribution in [2.45, 2.75) is 19.6 Å². The predicted octanol–water partition coefficient (Wildman–Crippen LogP) is 3.84. The van der Waals surface area contributed by atoms with Gasteiger partial charge in [-0.2, -0.15) is 28.2 Å². The van der Waals surface area contributed by atoms with Gasteiger partial charge in [-0.15, -0.1) is 5.10 Å². The van der Waals surface area contributed by atoms with Crippen LogP contribution in [0.4, 0.5) is 18.9 Å². The number of nitrogens with two attached hydrogens (primary N) is 1. The van der Waals surface area contributed by atoms with E-state index in [1.54, 1.807) is 19.1 Å². The quantitative estimate of drug-likeness (QED) is 0.311. The lowest BCUT2D eigenvalue weighted by Gasteiger charge is -2.14. The maximum absolute atomic E-state index is 13.3. The van der Waals surface area contributed by atoms with Crippen LogP contribution in [0.25, 0.3) is 5.82 Å². The maximum Gasteiger partial charge on any atom is 0.436 e. The first-order chi connectivity index (χ1) is 16.9. The smallest absolute Gasteiger partial charge is 0.366 e. The fourth-order valence-electron chi connectivity index (χ4n) is 3.29. The van der Waals surface area contributed by atoms with Crippen LogP contribution in [0.3, 0.4) is 0 Å². The van der Waals surface area contributed by atoms with Gasteiger partial charge in [0, 0.05) is 9.77 Å². The summed E-state index contributed by atoms with van der Waals surface area (Å²) in [4.78, 5) is 30.3. The molecule has 2 amide bonds. The van der Waals surface area contributed by atoms with E-state index in [9.17, 15) is 22.8 Å². The van der Waals surface area contributed by atoms with Gasteiger partial charge >= 0.3 is 6.18 Å². The molecule has 0 aliphatic carbocycles. The summed E-state index contributed by atoms with van der Waals surface area (Å²) in [5.74, 6) is -1.32. The molecule has 0 aliphatic rings. The molecule has 4 aromatic rings. The van der Waals surface area contributed by atoms with Crippen LogP contribution in [-0.2, 0) is 12.7 Å². The first-order valence-electron chi connectivity index (χ1n) is 10.0. The van der Waals surface area contributed by atoms with E-state index in [2.05, 4.69) is 25.6 Å². The molecule has 0 aliphatic heterocycles. The molecule has 0 fully saturated rings. The molecule has 0 saturated heterocycles. The van der Waals surface area contributed by atoms with Crippen LogP contribution in [-0.4, -0.2) is 41.6 Å². The Balaban J connectivity index is 1.75. The Hall–Kier alpha value is -3.53. The van der Waals surface area contributed by atoms with Crippen LogP contribution in [0.15, 0.2) is 42.7 Å². The summed E-state index contributed by atoms with van der Waals surface area (Å²) in [6.45, 7) is 1.42. The number of alkyl halides is 3. The van der Waals surface area contributed by atoms with Crippen molar-refractivity contribution in [2.24, 2.45) is 5.73 Å². The van der Waals surface area contributed by atoms with Crippen molar-refractivity contribution in [3.05, 3.63) is 79.5 Å². The largest absolute Gasteiger partial charge is 0.436 e. The minimum atomic E-state index is -4.66. The van der Waals surface area contributed by atoms with Crippen LogP contribution < -0.4 is 11.1 Å². The number of aromatic nitrogens is 6. The molecule has 1 aromatic carbocycles. The van der Waals surface area contributed by atoms with Crippen molar-refractivity contribution in [3.63, 3.8) is 0 Å². The lowest BCUT2D eigenvalue weighted by atomic mass is 10.1. The summed E-state index contributed by atoms with van der Waals surface area (Å²) in [5, 5.41) is 14.2. The standard InChI is InChI=1S/C21H15ClF3IN8O2/c1-10-5-11(26)6-13(18(27)35)17(10)30-20(36)15-7-12(9-33-29-8-16(32-33)21(23,24)25)31-34(15)19-14(22)3-2-4-28-19/h2-8H,9H2,1H3,(H2,27,35)(H,30,36). The number of nitrogens with one attached hydrogen (secondary N) is 1. The van der Waals surface area contributed by atoms with Crippen LogP contribution >= 0.6 is 34.2 Å². The Morgan fingerprint density at radius 1 is 1.22 bits per heavy atom. The van der Waals surface area contributed by atoms with Crippen LogP contribution in [0.1, 0.15) is 37.8 Å². The highest BCUT2D eigenvalue weighted by atomic mass is 127. The summed E-state index contributed by atoms with van der Waals surface area (Å²) in [7, 11) is 0. The van der Waals surface area contributed by atoms with E-state index >= 15 is 0 Å². The molecule has 3 heterocycles. The Bertz CT molecular complexity index is 1480. The second kappa shape index (κ2) is 9.85. The Kier molecular flexibility index (Phi) is 6.99. The number of pyridine rings is 1. The minimum Gasteiger partial charge on any atom is -0.366 e. The summed E-state index contributed by atoms with van der Waals surface area (Å²) in [6, 6.07) is 7.74. The molecular formula is C21H15ClF3IN8O2. The zero-order valence-corrected chi connectivity index (χ0v) is 21.1. The van der Waals surface area contributed by atoms with Crippen LogP contribution in [0.2, 0.25) is 5.02 Å². The van der Waals surface area contributed by atoms with Crippen LogP contribution in [0, 0.1) is 10.5 Å². The zero-order chi connectivity index (χ0) is 26.2. The molecule has 10 nitrogen and oxygen atoms in total. The fourth-order valence-corrected chi connectivity index (χ4v) is 4.27. The molecule has 0 bridgehead atoms. The number of hydrogen-bond donors (Lipinski definition) is 2. The van der Waals surface area contributed by atoms with E-state index in [-0.39, 0.29) is 40.0 Å². The number of halogens is 5. The number of anilines is 1. The van der Waals surface area contributed by atoms with E-state index < -0.39 is 23.7 Å². The van der Waals surface area contributed by atoms with Gasteiger partial charge in [0.1, 0.15) is 12.2 Å². The molecule has 0 spiro atoms. The maximum atomic E-state index is 13.3. The van der Waals surface area contributed by atoms with Gasteiger partial charge in [0.2, 0.25) is 0 Å². The second-order valence-electron chi connectivity index (χ2n) is 7.46. The summed E-state index contributed by atoms with van der Waals surface area (Å²) in [6.07, 6.45) is -2.64. The van der Waals surface area contributed by atoms with Gasteiger partial charge in [-0.3, -0.25) is 9.59 Å². The molecule has 4 rings (SSSR count). The van der Waals surface area contributed by atoms with Crippen molar-refractivity contribution in [1.29, 1.82) is 0 Å². The van der Waals surface area contributed by atoms with Gasteiger partial charge in [-0.1, -0.05) is 11.6 Å². The van der Waals surface area contributed by atoms with E-state index in [4.69, 9.17) is 17.3 Å². The van der Waals surface area contributed by atoms with E-state index in [0.717, 1.165) is 13.0 Å². The number of benzene rings is 1. The SMILES string of the molecule is Cc1cc(I)cc(C(N)=O)c1NC(=O)c1cc(Cn2ncc(C(F)(F)F)n2)nn1-c1ncccc1Cl. The second-order valence-corrected chi connectivity index (χ2v) is 9.12. The number of carbonyl (C=O) groups is 2. The molecular weight excluding hydrogens is 616 g/mol. The highest BCUT2D eigenvalue weighted by Gasteiger charge is 2.34. The molecule has 0 radical (unpaired) electrons. The monoisotopic (exact) mass is 630 g/mol. The van der Waals surface area contributed by atoms with Gasteiger partial charge in [-0.25, -0.2) is 9.67 Å². The van der Waals surface area contributed by atoms with Crippen molar-refractivity contribution in [3.8, 4) is 5.82 Å². The number of rotatable bonds is 6. The minimum absolute atomic E-state index is 0.0535. The molecule has 0 saturated carbocycles. The molecule has 186 valence electrons. The highest BCUT2D eigenvalue weighted by Crippen LogP contribution is 2.28. The van der Waals surface area contributed by atoms with Gasteiger partial charge < -0.3 is 11.1 Å². The molecule has 15 heteroatoms. The van der Waals surface area contributed by atoms with Crippen molar-refractivity contribution in [2.75, 3.05) is 5.32 Å². The Labute approximate surface area is 219 Å². The van der Waals surface area contributed by atoms with Crippen molar-refractivity contribution >= 4 is 51.7 Å². The third-order valence-electron chi connectivity index (χ3n) is 4.87. The third kappa shape index (κ3) is 5.33.